The van der Waals surface area contributed by atoms with Crippen LogP contribution in [0.15, 0.2) is 5.16 Å². The predicted octanol–water partition coefficient (Wildman–Crippen LogP) is 4.49. The first kappa shape index (κ1) is 18.6. The number of aromatic nitrogens is 3. The number of aryl methyl sites for hydroxylation is 1. The van der Waals surface area contributed by atoms with Crippen LogP contribution in [0, 0.1) is 5.92 Å². The maximum absolute atomic E-state index is 5.56. The number of thioether (sulfide) groups is 1. The van der Waals surface area contributed by atoms with E-state index in [0.717, 1.165) is 66.9 Å². The molecule has 7 heteroatoms. The van der Waals surface area contributed by atoms with Crippen molar-refractivity contribution in [2.24, 2.45) is 5.92 Å². The highest BCUT2D eigenvalue weighted by Crippen LogP contribution is 2.43. The van der Waals surface area contributed by atoms with Crippen molar-refractivity contribution in [3.05, 3.63) is 16.8 Å². The van der Waals surface area contributed by atoms with E-state index < -0.39 is 0 Å². The number of ether oxygens (including phenoxy) is 1. The molecule has 5 rings (SSSR count). The minimum Gasteiger partial charge on any atom is -0.378 e. The Morgan fingerprint density at radius 2 is 1.89 bits per heavy atom. The molecule has 0 unspecified atom stereocenters. The summed E-state index contributed by atoms with van der Waals surface area (Å²) in [6, 6.07) is 0. The van der Waals surface area contributed by atoms with Gasteiger partial charge in [0.2, 0.25) is 0 Å². The van der Waals surface area contributed by atoms with Gasteiger partial charge in [0.1, 0.15) is 4.83 Å². The molecule has 0 radical (unpaired) electrons. The Morgan fingerprint density at radius 1 is 1.11 bits per heavy atom. The minimum absolute atomic E-state index is 0.621. The van der Waals surface area contributed by atoms with Gasteiger partial charge in [0.05, 0.1) is 23.4 Å². The van der Waals surface area contributed by atoms with Gasteiger partial charge in [0.15, 0.2) is 11.0 Å². The molecule has 1 aliphatic heterocycles. The summed E-state index contributed by atoms with van der Waals surface area (Å²) < 4.78 is 6.76. The number of fused-ring (bicyclic) bond motifs is 5. The summed E-state index contributed by atoms with van der Waals surface area (Å²) in [5, 5.41) is 2.15. The topological polar surface area (TPSA) is 51.1 Å². The van der Waals surface area contributed by atoms with Crippen molar-refractivity contribution in [2.45, 2.75) is 44.7 Å². The van der Waals surface area contributed by atoms with Gasteiger partial charge in [-0.1, -0.05) is 25.6 Å². The maximum atomic E-state index is 5.56. The quantitative estimate of drug-likeness (QED) is 0.463. The number of pyridine rings is 1. The van der Waals surface area contributed by atoms with E-state index in [-0.39, 0.29) is 0 Å². The van der Waals surface area contributed by atoms with E-state index in [4.69, 9.17) is 19.7 Å². The Hall–Kier alpha value is -1.44. The molecular weight excluding hydrogens is 388 g/mol. The summed E-state index contributed by atoms with van der Waals surface area (Å²) in [6.07, 6.45) is 6.66. The molecule has 148 valence electrons. The van der Waals surface area contributed by atoms with E-state index in [0.29, 0.717) is 5.92 Å². The summed E-state index contributed by atoms with van der Waals surface area (Å²) in [5.41, 5.74) is 5.43. The fraction of sp³-hybridized carbons (Fsp3) is 0.571. The highest BCUT2D eigenvalue weighted by atomic mass is 32.2. The normalized spacial score (nSPS) is 17.2. The summed E-state index contributed by atoms with van der Waals surface area (Å²) >= 11 is 3.40. The lowest BCUT2D eigenvalue weighted by atomic mass is 9.99. The monoisotopic (exact) mass is 414 g/mol. The molecule has 0 aromatic carbocycles. The molecule has 28 heavy (non-hydrogen) atoms. The molecule has 3 aromatic rings. The third kappa shape index (κ3) is 3.08. The molecule has 0 N–H and O–H groups in total. The van der Waals surface area contributed by atoms with Crippen LogP contribution in [-0.2, 0) is 24.0 Å². The molecule has 4 heterocycles. The molecule has 0 amide bonds. The summed E-state index contributed by atoms with van der Waals surface area (Å²) in [6.45, 7) is 7.86. The van der Waals surface area contributed by atoms with Gasteiger partial charge in [-0.2, -0.15) is 0 Å². The average molecular weight is 415 g/mol. The number of rotatable bonds is 4. The minimum atomic E-state index is 0.621. The zero-order valence-electron chi connectivity index (χ0n) is 16.7. The van der Waals surface area contributed by atoms with E-state index in [1.807, 2.05) is 0 Å². The average Bonchev–Trinajstić information content (AvgIpc) is 3.31. The Morgan fingerprint density at radius 3 is 2.64 bits per heavy atom. The van der Waals surface area contributed by atoms with Gasteiger partial charge in [-0.3, -0.25) is 0 Å². The van der Waals surface area contributed by atoms with Crippen LogP contribution in [-0.4, -0.2) is 47.5 Å². The number of thiophene rings is 1. The van der Waals surface area contributed by atoms with E-state index in [1.165, 1.54) is 33.3 Å². The predicted molar refractivity (Wildman–Crippen MR) is 118 cm³/mol. The molecule has 1 aliphatic carbocycles. The highest BCUT2D eigenvalue weighted by Gasteiger charge is 2.26. The van der Waals surface area contributed by atoms with Crippen LogP contribution in [0.25, 0.3) is 20.4 Å². The SMILES string of the molecule is CSc1nc(N2CCOCC2)c2sc3nc(CC(C)C)c4c(c3c2n1)CCC4. The van der Waals surface area contributed by atoms with Crippen LogP contribution < -0.4 is 4.90 Å². The third-order valence-electron chi connectivity index (χ3n) is 5.68. The number of hydrogen-bond acceptors (Lipinski definition) is 7. The van der Waals surface area contributed by atoms with E-state index in [2.05, 4.69) is 25.0 Å². The van der Waals surface area contributed by atoms with Gasteiger partial charge >= 0.3 is 0 Å². The van der Waals surface area contributed by atoms with Gasteiger partial charge in [-0.25, -0.2) is 15.0 Å². The van der Waals surface area contributed by atoms with Crippen LogP contribution >= 0.6 is 23.1 Å². The Bertz CT molecular complexity index is 1040. The molecule has 2 aliphatic rings. The molecule has 3 aromatic heterocycles. The first-order valence-corrected chi connectivity index (χ1v) is 12.2. The third-order valence-corrected chi connectivity index (χ3v) is 7.29. The highest BCUT2D eigenvalue weighted by molar-refractivity contribution is 7.98. The fourth-order valence-electron chi connectivity index (χ4n) is 4.45. The Labute approximate surface area is 173 Å². The van der Waals surface area contributed by atoms with Gasteiger partial charge in [0.25, 0.3) is 0 Å². The maximum Gasteiger partial charge on any atom is 0.189 e. The van der Waals surface area contributed by atoms with Crippen molar-refractivity contribution in [1.82, 2.24) is 15.0 Å². The molecule has 0 atom stereocenters. The molecule has 0 saturated carbocycles. The van der Waals surface area contributed by atoms with Gasteiger partial charge in [0, 0.05) is 24.2 Å². The van der Waals surface area contributed by atoms with E-state index >= 15 is 0 Å². The second-order valence-corrected chi connectivity index (χ2v) is 9.83. The Balaban J connectivity index is 1.78. The standard InChI is InChI=1S/C21H26N4OS2/c1-12(2)11-15-13-5-4-6-14(13)16-17-18(28-20(16)22-15)19(24-21(23-17)27-3)25-7-9-26-10-8-25/h12H,4-11H2,1-3H3. The van der Waals surface area contributed by atoms with Crippen LogP contribution in [0.4, 0.5) is 5.82 Å². The van der Waals surface area contributed by atoms with Crippen molar-refractivity contribution < 1.29 is 4.74 Å². The first-order valence-electron chi connectivity index (χ1n) is 10.2. The lowest BCUT2D eigenvalue weighted by Gasteiger charge is -2.28. The number of anilines is 1. The van der Waals surface area contributed by atoms with Crippen LogP contribution in [0.1, 0.15) is 37.1 Å². The molecule has 1 saturated heterocycles. The van der Waals surface area contributed by atoms with Crippen molar-refractivity contribution in [3.8, 4) is 0 Å². The lowest BCUT2D eigenvalue weighted by Crippen LogP contribution is -2.36. The molecule has 0 spiro atoms. The summed E-state index contributed by atoms with van der Waals surface area (Å²) in [5.74, 6) is 1.69. The van der Waals surface area contributed by atoms with Crippen molar-refractivity contribution >= 4 is 49.3 Å². The summed E-state index contributed by atoms with van der Waals surface area (Å²) in [7, 11) is 0. The lowest BCUT2D eigenvalue weighted by molar-refractivity contribution is 0.122. The molecule has 0 bridgehead atoms. The molecule has 5 nitrogen and oxygen atoms in total. The largest absolute Gasteiger partial charge is 0.378 e. The zero-order chi connectivity index (χ0) is 19.3. The van der Waals surface area contributed by atoms with Crippen molar-refractivity contribution in [3.63, 3.8) is 0 Å². The first-order chi connectivity index (χ1) is 13.7. The van der Waals surface area contributed by atoms with E-state index in [1.54, 1.807) is 23.1 Å². The second-order valence-electron chi connectivity index (χ2n) is 8.06. The van der Waals surface area contributed by atoms with Crippen molar-refractivity contribution in [1.29, 1.82) is 0 Å². The van der Waals surface area contributed by atoms with Gasteiger partial charge in [-0.15, -0.1) is 11.3 Å². The van der Waals surface area contributed by atoms with E-state index in [9.17, 15) is 0 Å². The Kier molecular flexibility index (Phi) is 4.93. The van der Waals surface area contributed by atoms with Crippen LogP contribution in [0.3, 0.4) is 0 Å². The van der Waals surface area contributed by atoms with Crippen molar-refractivity contribution in [2.75, 3.05) is 37.5 Å². The zero-order valence-corrected chi connectivity index (χ0v) is 18.4. The number of morpholine rings is 1. The van der Waals surface area contributed by atoms with Gasteiger partial charge < -0.3 is 9.64 Å². The van der Waals surface area contributed by atoms with Crippen LogP contribution in [0.5, 0.6) is 0 Å². The van der Waals surface area contributed by atoms with Gasteiger partial charge in [-0.05, 0) is 49.0 Å². The number of nitrogens with zero attached hydrogens (tertiary/aromatic N) is 4. The molecule has 1 fully saturated rings. The van der Waals surface area contributed by atoms with Crippen LogP contribution in [0.2, 0.25) is 0 Å². The number of hydrogen-bond donors (Lipinski definition) is 0. The summed E-state index contributed by atoms with van der Waals surface area (Å²) in [4.78, 5) is 18.5. The fourth-order valence-corrected chi connectivity index (χ4v) is 5.99. The molecular formula is C21H26N4OS2. The smallest absolute Gasteiger partial charge is 0.189 e. The second kappa shape index (κ2) is 7.43.